The minimum atomic E-state index is -0.777. The van der Waals surface area contributed by atoms with Gasteiger partial charge in [0.15, 0.2) is 11.5 Å². The molecule has 2 aliphatic heterocycles. The lowest BCUT2D eigenvalue weighted by molar-refractivity contribution is 0.343. The van der Waals surface area contributed by atoms with Gasteiger partial charge in [-0.05, 0) is 38.4 Å². The summed E-state index contributed by atoms with van der Waals surface area (Å²) < 4.78 is 15.7. The number of nitrogens with zero attached hydrogens (tertiary/aromatic N) is 5. The summed E-state index contributed by atoms with van der Waals surface area (Å²) in [5.41, 5.74) is 2.79. The van der Waals surface area contributed by atoms with E-state index in [1.54, 1.807) is 0 Å². The molecule has 5 heterocycles. The van der Waals surface area contributed by atoms with Crippen molar-refractivity contribution < 1.29 is 4.39 Å². The van der Waals surface area contributed by atoms with Crippen LogP contribution >= 0.6 is 0 Å². The van der Waals surface area contributed by atoms with E-state index in [4.69, 9.17) is 0 Å². The van der Waals surface area contributed by atoms with E-state index in [1.807, 2.05) is 17.3 Å². The smallest absolute Gasteiger partial charge is 0.160 e. The highest BCUT2D eigenvalue weighted by atomic mass is 19.1. The highest BCUT2D eigenvalue weighted by molar-refractivity contribution is 5.90. The Hall–Kier alpha value is -2.48. The molecule has 0 aliphatic carbocycles. The molecule has 0 amide bonds. The quantitative estimate of drug-likeness (QED) is 0.754. The van der Waals surface area contributed by atoms with Gasteiger partial charge in [-0.25, -0.2) is 9.37 Å². The van der Waals surface area contributed by atoms with Crippen molar-refractivity contribution in [3.8, 4) is 11.1 Å². The molecule has 2 N–H and O–H groups in total. The number of pyridine rings is 1. The second kappa shape index (κ2) is 6.35. The molecule has 0 bridgehead atoms. The lowest BCUT2D eigenvalue weighted by Gasteiger charge is -2.22. The van der Waals surface area contributed by atoms with Crippen LogP contribution in [0.25, 0.3) is 22.2 Å². The largest absolute Gasteiger partial charge is 0.352 e. The SMILES string of the molecule is F[C@H]1CCN(c2n[nH]c3ncc(-c4cnn(C5CCNCC5)c4)cc23)C1. The van der Waals surface area contributed by atoms with Crippen molar-refractivity contribution >= 4 is 16.9 Å². The van der Waals surface area contributed by atoms with Gasteiger partial charge in [-0.3, -0.25) is 9.78 Å². The zero-order valence-electron chi connectivity index (χ0n) is 14.5. The third-order valence-electron chi connectivity index (χ3n) is 5.44. The second-order valence-electron chi connectivity index (χ2n) is 7.19. The van der Waals surface area contributed by atoms with Crippen molar-refractivity contribution in [1.29, 1.82) is 0 Å². The van der Waals surface area contributed by atoms with E-state index >= 15 is 0 Å². The molecule has 0 radical (unpaired) electrons. The van der Waals surface area contributed by atoms with Gasteiger partial charge in [0.05, 0.1) is 24.2 Å². The fraction of sp³-hybridized carbons (Fsp3) is 0.500. The van der Waals surface area contributed by atoms with Crippen LogP contribution in [0.1, 0.15) is 25.3 Å². The fourth-order valence-electron chi connectivity index (χ4n) is 3.96. The Labute approximate surface area is 150 Å². The summed E-state index contributed by atoms with van der Waals surface area (Å²) in [6.07, 6.45) is 7.83. The highest BCUT2D eigenvalue weighted by Gasteiger charge is 2.25. The molecule has 8 heteroatoms. The minimum absolute atomic E-state index is 0.401. The van der Waals surface area contributed by atoms with Gasteiger partial charge in [0.2, 0.25) is 0 Å². The van der Waals surface area contributed by atoms with Gasteiger partial charge in [0.25, 0.3) is 0 Å². The van der Waals surface area contributed by atoms with Crippen molar-refractivity contribution in [3.63, 3.8) is 0 Å². The molecule has 5 rings (SSSR count). The van der Waals surface area contributed by atoms with Crippen molar-refractivity contribution in [1.82, 2.24) is 30.3 Å². The van der Waals surface area contributed by atoms with Crippen LogP contribution in [0.4, 0.5) is 10.2 Å². The molecule has 1 atom stereocenters. The van der Waals surface area contributed by atoms with Gasteiger partial charge in [-0.15, -0.1) is 0 Å². The summed E-state index contributed by atoms with van der Waals surface area (Å²) in [6, 6.07) is 2.54. The first-order valence-corrected chi connectivity index (χ1v) is 9.26. The summed E-state index contributed by atoms with van der Waals surface area (Å²) in [5.74, 6) is 0.792. The Balaban J connectivity index is 1.46. The molecule has 0 spiro atoms. The van der Waals surface area contributed by atoms with Crippen LogP contribution in [-0.2, 0) is 0 Å². The van der Waals surface area contributed by atoms with Crippen LogP contribution < -0.4 is 10.2 Å². The molecule has 2 aliphatic rings. The predicted octanol–water partition coefficient (Wildman–Crippen LogP) is 2.29. The topological polar surface area (TPSA) is 74.7 Å². The molecule has 26 heavy (non-hydrogen) atoms. The second-order valence-corrected chi connectivity index (χ2v) is 7.19. The number of rotatable bonds is 3. The lowest BCUT2D eigenvalue weighted by Crippen LogP contribution is -2.29. The van der Waals surface area contributed by atoms with E-state index in [9.17, 15) is 4.39 Å². The molecular weight excluding hydrogens is 333 g/mol. The average molecular weight is 355 g/mol. The zero-order valence-corrected chi connectivity index (χ0v) is 14.5. The molecule has 136 valence electrons. The zero-order chi connectivity index (χ0) is 17.5. The predicted molar refractivity (Wildman–Crippen MR) is 98.0 cm³/mol. The number of alkyl halides is 1. The number of halogens is 1. The molecule has 0 aromatic carbocycles. The molecule has 0 unspecified atom stereocenters. The number of aromatic amines is 1. The van der Waals surface area contributed by atoms with E-state index < -0.39 is 6.17 Å². The van der Waals surface area contributed by atoms with Gasteiger partial charge >= 0.3 is 0 Å². The van der Waals surface area contributed by atoms with Crippen LogP contribution in [0.15, 0.2) is 24.7 Å². The first kappa shape index (κ1) is 15.7. The molecule has 7 nitrogen and oxygen atoms in total. The first-order chi connectivity index (χ1) is 12.8. The third-order valence-corrected chi connectivity index (χ3v) is 5.44. The Bertz CT molecular complexity index is 911. The molecule has 2 saturated heterocycles. The standard InChI is InChI=1S/C18H22FN7/c19-14-3-6-25(11-14)18-16-7-12(8-21-17(16)23-24-18)13-9-22-26(10-13)15-1-4-20-5-2-15/h7-10,14-15,20H,1-6,11H2,(H,21,23,24)/t14-/m0/s1. The maximum atomic E-state index is 13.6. The first-order valence-electron chi connectivity index (χ1n) is 9.26. The van der Waals surface area contributed by atoms with E-state index in [0.717, 1.165) is 53.9 Å². The number of piperidine rings is 1. The van der Waals surface area contributed by atoms with Crippen LogP contribution in [0.3, 0.4) is 0 Å². The Morgan fingerprint density at radius 2 is 2.00 bits per heavy atom. The van der Waals surface area contributed by atoms with Gasteiger partial charge in [-0.2, -0.15) is 10.2 Å². The van der Waals surface area contributed by atoms with Gasteiger partial charge in [0, 0.05) is 30.1 Å². The van der Waals surface area contributed by atoms with Crippen LogP contribution in [-0.4, -0.2) is 57.3 Å². The number of hydrogen-bond acceptors (Lipinski definition) is 5. The number of H-pyrrole nitrogens is 1. The Morgan fingerprint density at radius 1 is 1.12 bits per heavy atom. The third kappa shape index (κ3) is 2.74. The summed E-state index contributed by atoms with van der Waals surface area (Å²) in [4.78, 5) is 6.50. The van der Waals surface area contributed by atoms with Crippen LogP contribution in [0.5, 0.6) is 0 Å². The molecule has 2 fully saturated rings. The molecular formula is C18H22FN7. The van der Waals surface area contributed by atoms with Gasteiger partial charge in [-0.1, -0.05) is 0 Å². The maximum Gasteiger partial charge on any atom is 0.160 e. The van der Waals surface area contributed by atoms with Crippen molar-refractivity contribution in [3.05, 3.63) is 24.7 Å². The van der Waals surface area contributed by atoms with Gasteiger partial charge in [0.1, 0.15) is 6.17 Å². The van der Waals surface area contributed by atoms with E-state index in [0.29, 0.717) is 25.6 Å². The van der Waals surface area contributed by atoms with Crippen LogP contribution in [0.2, 0.25) is 0 Å². The number of anilines is 1. The Kier molecular flexibility index (Phi) is 3.85. The number of aromatic nitrogens is 5. The monoisotopic (exact) mass is 355 g/mol. The number of nitrogens with one attached hydrogen (secondary N) is 2. The Morgan fingerprint density at radius 3 is 2.81 bits per heavy atom. The highest BCUT2D eigenvalue weighted by Crippen LogP contribution is 2.30. The summed E-state index contributed by atoms with van der Waals surface area (Å²) in [5, 5.41) is 16.2. The molecule has 3 aromatic rings. The van der Waals surface area contributed by atoms with Crippen LogP contribution in [0, 0.1) is 0 Å². The summed E-state index contributed by atoms with van der Waals surface area (Å²) >= 11 is 0. The van der Waals surface area contributed by atoms with E-state index in [2.05, 4.69) is 42.5 Å². The van der Waals surface area contributed by atoms with E-state index in [1.165, 1.54) is 0 Å². The minimum Gasteiger partial charge on any atom is -0.352 e. The number of fused-ring (bicyclic) bond motifs is 1. The molecule has 0 saturated carbocycles. The maximum absolute atomic E-state index is 13.6. The fourth-order valence-corrected chi connectivity index (χ4v) is 3.96. The number of hydrogen-bond donors (Lipinski definition) is 2. The van der Waals surface area contributed by atoms with Crippen molar-refractivity contribution in [2.75, 3.05) is 31.1 Å². The molecule has 3 aromatic heterocycles. The summed E-state index contributed by atoms with van der Waals surface area (Å²) in [6.45, 7) is 3.17. The average Bonchev–Trinajstić information content (AvgIpc) is 3.41. The summed E-state index contributed by atoms with van der Waals surface area (Å²) in [7, 11) is 0. The van der Waals surface area contributed by atoms with Crippen molar-refractivity contribution in [2.45, 2.75) is 31.5 Å². The van der Waals surface area contributed by atoms with E-state index in [-0.39, 0.29) is 0 Å². The van der Waals surface area contributed by atoms with Crippen molar-refractivity contribution in [2.24, 2.45) is 0 Å². The normalized spacial score (nSPS) is 21.7. The lowest BCUT2D eigenvalue weighted by atomic mass is 10.1. The van der Waals surface area contributed by atoms with Gasteiger partial charge < -0.3 is 10.2 Å².